The average Bonchev–Trinajstić information content (AvgIpc) is 3.50. The van der Waals surface area contributed by atoms with Gasteiger partial charge in [0.2, 0.25) is 5.88 Å². The normalized spacial score (nSPS) is 11.2. The number of thioether (sulfide) groups is 1. The van der Waals surface area contributed by atoms with E-state index in [1.54, 1.807) is 18.7 Å². The third-order valence-electron chi connectivity index (χ3n) is 5.94. The van der Waals surface area contributed by atoms with Crippen molar-refractivity contribution in [2.75, 3.05) is 19.5 Å². The van der Waals surface area contributed by atoms with Crippen LogP contribution < -0.4 is 9.47 Å². The van der Waals surface area contributed by atoms with Gasteiger partial charge in [-0.2, -0.15) is 8.75 Å². The fraction of sp³-hybridized carbons (Fsp3) is 0.250. The molecule has 2 heterocycles. The molecule has 2 aromatic heterocycles. The highest BCUT2D eigenvalue weighted by Gasteiger charge is 2.24. The Kier molecular flexibility index (Phi) is 7.62. The second-order valence-corrected chi connectivity index (χ2v) is 9.80. The van der Waals surface area contributed by atoms with Gasteiger partial charge in [0.15, 0.2) is 0 Å². The summed E-state index contributed by atoms with van der Waals surface area (Å²) in [6.45, 7) is 5.15. The molecular formula is C28H27N3O4S2. The van der Waals surface area contributed by atoms with Crippen LogP contribution in [0.25, 0.3) is 33.1 Å². The Balaban J connectivity index is 1.71. The van der Waals surface area contributed by atoms with Gasteiger partial charge < -0.3 is 18.8 Å². The number of nitrogens with zero attached hydrogens (tertiary/aromatic N) is 3. The zero-order valence-electron chi connectivity index (χ0n) is 20.9. The Morgan fingerprint density at radius 3 is 2.57 bits per heavy atom. The molecule has 0 saturated heterocycles. The first-order valence-corrected chi connectivity index (χ1v) is 14.1. The zero-order chi connectivity index (χ0) is 25.8. The van der Waals surface area contributed by atoms with Gasteiger partial charge in [0.25, 0.3) is 0 Å². The van der Waals surface area contributed by atoms with Crippen LogP contribution in [0.1, 0.15) is 25.8 Å². The quantitative estimate of drug-likeness (QED) is 0.144. The van der Waals surface area contributed by atoms with Crippen LogP contribution in [0.15, 0.2) is 65.6 Å². The van der Waals surface area contributed by atoms with Gasteiger partial charge in [-0.15, -0.1) is 11.8 Å². The molecule has 190 valence electrons. The van der Waals surface area contributed by atoms with Gasteiger partial charge in [-0.3, -0.25) is 0 Å². The first kappa shape index (κ1) is 25.1. The molecule has 0 unspecified atom stereocenters. The van der Waals surface area contributed by atoms with Gasteiger partial charge in [-0.25, -0.2) is 4.79 Å². The maximum atomic E-state index is 12.6. The maximum absolute atomic E-state index is 12.6. The minimum absolute atomic E-state index is 0.222. The highest BCUT2D eigenvalue weighted by molar-refractivity contribution is 7.98. The molecule has 37 heavy (non-hydrogen) atoms. The topological polar surface area (TPSA) is 75.5 Å². The molecule has 0 fully saturated rings. The molecule has 0 aliphatic rings. The van der Waals surface area contributed by atoms with Crippen LogP contribution >= 0.6 is 23.5 Å². The minimum atomic E-state index is -0.741. The van der Waals surface area contributed by atoms with Crippen LogP contribution in [0.4, 0.5) is 4.79 Å². The first-order valence-electron chi connectivity index (χ1n) is 12.1. The lowest BCUT2D eigenvalue weighted by atomic mass is 10.0. The molecule has 5 aromatic rings. The van der Waals surface area contributed by atoms with Crippen molar-refractivity contribution in [2.24, 2.45) is 0 Å². The lowest BCUT2D eigenvalue weighted by Crippen LogP contribution is -2.14. The van der Waals surface area contributed by atoms with Gasteiger partial charge in [0, 0.05) is 10.3 Å². The van der Waals surface area contributed by atoms with Gasteiger partial charge in [0.1, 0.15) is 16.8 Å². The molecule has 9 heteroatoms. The summed E-state index contributed by atoms with van der Waals surface area (Å²) in [6.07, 6.45) is 2.21. The number of hydrogen-bond acceptors (Lipinski definition) is 8. The number of hydrogen-bond donors (Lipinski definition) is 0. The molecule has 0 atom stereocenters. The van der Waals surface area contributed by atoms with Crippen molar-refractivity contribution in [3.8, 4) is 22.8 Å². The maximum Gasteiger partial charge on any atom is 0.515 e. The molecule has 0 N–H and O–H groups in total. The van der Waals surface area contributed by atoms with E-state index in [1.165, 1.54) is 11.7 Å². The standard InChI is InChI=1S/C28H27N3O4S2/c1-4-14-34-20-9-13-25-22(16-20)26(19-7-10-21(36-3)11-8-19)27(35-28(32)33-5-2)31(25)17-18-6-12-23-24(15-18)30-37-29-23/h6-13,15-16H,4-5,14,17H2,1-3H3. The summed E-state index contributed by atoms with van der Waals surface area (Å²) in [6, 6.07) is 20.2. The third-order valence-corrected chi connectivity index (χ3v) is 7.24. The number of benzene rings is 3. The molecule has 3 aromatic carbocycles. The summed E-state index contributed by atoms with van der Waals surface area (Å²) >= 11 is 2.87. The van der Waals surface area contributed by atoms with Crippen molar-refractivity contribution in [2.45, 2.75) is 31.7 Å². The number of aromatic nitrogens is 3. The molecule has 0 aliphatic heterocycles. The van der Waals surface area contributed by atoms with Crippen molar-refractivity contribution in [3.63, 3.8) is 0 Å². The molecule has 0 bridgehead atoms. The highest BCUT2D eigenvalue weighted by atomic mass is 32.2. The molecule has 0 saturated carbocycles. The van der Waals surface area contributed by atoms with E-state index in [2.05, 4.69) is 39.9 Å². The van der Waals surface area contributed by atoms with Crippen LogP contribution in [0, 0.1) is 0 Å². The number of carbonyl (C=O) groups is 1. The summed E-state index contributed by atoms with van der Waals surface area (Å²) in [5.41, 5.74) is 5.39. The highest BCUT2D eigenvalue weighted by Crippen LogP contribution is 2.43. The fourth-order valence-corrected chi connectivity index (χ4v) is 5.18. The van der Waals surface area contributed by atoms with E-state index in [0.717, 1.165) is 55.7 Å². The molecule has 0 aliphatic carbocycles. The summed E-state index contributed by atoms with van der Waals surface area (Å²) < 4.78 is 27.7. The van der Waals surface area contributed by atoms with E-state index in [9.17, 15) is 4.79 Å². The molecule has 7 nitrogen and oxygen atoms in total. The Morgan fingerprint density at radius 1 is 1.00 bits per heavy atom. The van der Waals surface area contributed by atoms with Crippen molar-refractivity contribution in [1.29, 1.82) is 0 Å². The second kappa shape index (κ2) is 11.2. The van der Waals surface area contributed by atoms with Crippen LogP contribution in [-0.2, 0) is 11.3 Å². The monoisotopic (exact) mass is 533 g/mol. The van der Waals surface area contributed by atoms with Crippen molar-refractivity contribution in [1.82, 2.24) is 13.3 Å². The van der Waals surface area contributed by atoms with E-state index < -0.39 is 6.16 Å². The third kappa shape index (κ3) is 5.28. The van der Waals surface area contributed by atoms with Crippen molar-refractivity contribution in [3.05, 3.63) is 66.2 Å². The molecule has 5 rings (SSSR count). The average molecular weight is 534 g/mol. The largest absolute Gasteiger partial charge is 0.515 e. The Morgan fingerprint density at radius 2 is 1.81 bits per heavy atom. The number of rotatable bonds is 9. The van der Waals surface area contributed by atoms with E-state index >= 15 is 0 Å². The summed E-state index contributed by atoms with van der Waals surface area (Å²) in [5, 5.41) is 0.932. The van der Waals surface area contributed by atoms with Gasteiger partial charge in [-0.1, -0.05) is 25.1 Å². The Bertz CT molecular complexity index is 1540. The predicted molar refractivity (Wildman–Crippen MR) is 149 cm³/mol. The summed E-state index contributed by atoms with van der Waals surface area (Å²) in [5.74, 6) is 1.20. The van der Waals surface area contributed by atoms with Gasteiger partial charge in [0.05, 0.1) is 42.6 Å². The van der Waals surface area contributed by atoms with Gasteiger partial charge >= 0.3 is 6.16 Å². The van der Waals surface area contributed by atoms with E-state index in [4.69, 9.17) is 14.2 Å². The van der Waals surface area contributed by atoms with Crippen molar-refractivity contribution < 1.29 is 19.0 Å². The Hall–Kier alpha value is -3.56. The van der Waals surface area contributed by atoms with Crippen LogP contribution in [0.3, 0.4) is 0 Å². The van der Waals surface area contributed by atoms with Crippen LogP contribution in [-0.4, -0.2) is 38.9 Å². The summed E-state index contributed by atoms with van der Waals surface area (Å²) in [7, 11) is 0. The second-order valence-electron chi connectivity index (χ2n) is 8.39. The smallest absolute Gasteiger partial charge is 0.494 e. The van der Waals surface area contributed by atoms with E-state index in [1.807, 2.05) is 47.2 Å². The fourth-order valence-electron chi connectivity index (χ4n) is 4.25. The van der Waals surface area contributed by atoms with Crippen LogP contribution in [0.5, 0.6) is 11.6 Å². The number of ether oxygens (including phenoxy) is 3. The van der Waals surface area contributed by atoms with Crippen LogP contribution in [0.2, 0.25) is 0 Å². The first-order chi connectivity index (χ1) is 18.1. The Labute approximate surface area is 223 Å². The van der Waals surface area contributed by atoms with E-state index in [-0.39, 0.29) is 6.61 Å². The van der Waals surface area contributed by atoms with Gasteiger partial charge in [-0.05, 0) is 73.2 Å². The molecule has 0 radical (unpaired) electrons. The molecular weight excluding hydrogens is 506 g/mol. The number of fused-ring (bicyclic) bond motifs is 2. The molecule has 0 spiro atoms. The zero-order valence-corrected chi connectivity index (χ0v) is 22.5. The number of carbonyl (C=O) groups excluding carboxylic acids is 1. The van der Waals surface area contributed by atoms with Crippen molar-refractivity contribution >= 4 is 51.6 Å². The lowest BCUT2D eigenvalue weighted by Gasteiger charge is -2.13. The minimum Gasteiger partial charge on any atom is -0.494 e. The lowest BCUT2D eigenvalue weighted by molar-refractivity contribution is 0.101. The van der Waals surface area contributed by atoms with E-state index in [0.29, 0.717) is 19.0 Å². The molecule has 0 amide bonds. The SMILES string of the molecule is CCCOc1ccc2c(c1)c(-c1ccc(SC)cc1)c(OC(=O)OCC)n2Cc1ccc2nsnc2c1. The summed E-state index contributed by atoms with van der Waals surface area (Å²) in [4.78, 5) is 13.8. The predicted octanol–water partition coefficient (Wildman–Crippen LogP) is 7.41.